The molecule has 6 rings (SSSR count). The van der Waals surface area contributed by atoms with Crippen LogP contribution in [0, 0.1) is 0 Å². The number of rotatable bonds is 11. The third-order valence-corrected chi connectivity index (χ3v) is 10.2. The summed E-state index contributed by atoms with van der Waals surface area (Å²) in [4.78, 5) is 65.1. The molecule has 14 heteroatoms. The smallest absolute Gasteiger partial charge is 0.349 e. The van der Waals surface area contributed by atoms with Crippen molar-refractivity contribution in [2.45, 2.75) is 94.0 Å². The zero-order valence-electron chi connectivity index (χ0n) is 27.8. The predicted octanol–water partition coefficient (Wildman–Crippen LogP) is 2.01. The SMILES string of the molecule is CC(=O)O[C@@H](CC(=O)OC1=CC[C@@]2(O)[C@H]3Cc4ccc(CO)c5c4[C@@]2(CCCN3C)[C@H]1O5)C(=O)O[C@@H](C)C(=O)O[C@H](C(=O)O)c1ccccc1. The number of aliphatic hydroxyl groups excluding tert-OH is 1. The Balaban J connectivity index is 1.19. The van der Waals surface area contributed by atoms with Crippen molar-refractivity contribution in [3.8, 4) is 5.75 Å². The molecule has 1 spiro atoms. The highest BCUT2D eigenvalue weighted by Gasteiger charge is 2.70. The lowest BCUT2D eigenvalue weighted by atomic mass is 9.52. The van der Waals surface area contributed by atoms with Gasteiger partial charge in [0.2, 0.25) is 12.2 Å². The molecule has 4 aliphatic rings. The van der Waals surface area contributed by atoms with Crippen LogP contribution in [0.4, 0.5) is 0 Å². The Morgan fingerprint density at radius 2 is 1.78 bits per heavy atom. The molecule has 266 valence electrons. The summed E-state index contributed by atoms with van der Waals surface area (Å²) in [6.45, 7) is 2.60. The lowest BCUT2D eigenvalue weighted by Gasteiger charge is -2.56. The number of benzene rings is 2. The second-order valence-electron chi connectivity index (χ2n) is 13.2. The first kappa shape index (κ1) is 35.1. The third-order valence-electron chi connectivity index (χ3n) is 10.2. The second kappa shape index (κ2) is 13.5. The van der Waals surface area contributed by atoms with Gasteiger partial charge >= 0.3 is 29.8 Å². The van der Waals surface area contributed by atoms with E-state index in [1.54, 1.807) is 30.3 Å². The Hall–Kier alpha value is -4.79. The average Bonchev–Trinajstić information content (AvgIpc) is 3.42. The van der Waals surface area contributed by atoms with E-state index in [0.29, 0.717) is 24.2 Å². The number of esters is 4. The van der Waals surface area contributed by atoms with Gasteiger partial charge in [-0.2, -0.15) is 0 Å². The Morgan fingerprint density at radius 1 is 1.04 bits per heavy atom. The first-order valence-corrected chi connectivity index (χ1v) is 16.4. The van der Waals surface area contributed by atoms with E-state index in [-0.39, 0.29) is 30.4 Å². The molecule has 2 bridgehead atoms. The molecular weight excluding hydrogens is 654 g/mol. The topological polar surface area (TPSA) is 195 Å². The van der Waals surface area contributed by atoms with Gasteiger partial charge in [-0.15, -0.1) is 0 Å². The fourth-order valence-electron chi connectivity index (χ4n) is 7.98. The molecular formula is C36H39NO13. The zero-order valence-corrected chi connectivity index (χ0v) is 27.8. The van der Waals surface area contributed by atoms with Gasteiger partial charge in [0.1, 0.15) is 11.5 Å². The molecule has 3 N–H and O–H groups in total. The Morgan fingerprint density at radius 3 is 2.46 bits per heavy atom. The lowest BCUT2D eigenvalue weighted by molar-refractivity contribution is -0.183. The van der Waals surface area contributed by atoms with Gasteiger partial charge in [0, 0.05) is 36.1 Å². The molecule has 7 atom stereocenters. The zero-order chi connectivity index (χ0) is 36.0. The van der Waals surface area contributed by atoms with E-state index in [0.717, 1.165) is 37.9 Å². The van der Waals surface area contributed by atoms with E-state index in [9.17, 15) is 39.3 Å². The van der Waals surface area contributed by atoms with E-state index in [4.69, 9.17) is 23.7 Å². The van der Waals surface area contributed by atoms with Gasteiger partial charge in [-0.05, 0) is 51.4 Å². The summed E-state index contributed by atoms with van der Waals surface area (Å²) in [7, 11) is 1.97. The molecule has 2 aliphatic carbocycles. The molecule has 2 aromatic rings. The van der Waals surface area contributed by atoms with E-state index >= 15 is 0 Å². The van der Waals surface area contributed by atoms with Crippen LogP contribution in [0.15, 0.2) is 54.3 Å². The first-order chi connectivity index (χ1) is 23.8. The van der Waals surface area contributed by atoms with Gasteiger partial charge in [-0.3, -0.25) is 9.59 Å². The van der Waals surface area contributed by atoms with Crippen LogP contribution in [0.1, 0.15) is 67.9 Å². The van der Waals surface area contributed by atoms with Crippen LogP contribution in [-0.2, 0) is 61.4 Å². The number of carboxylic acids is 1. The second-order valence-corrected chi connectivity index (χ2v) is 13.2. The largest absolute Gasteiger partial charge is 0.481 e. The minimum absolute atomic E-state index is 0.114. The Bertz CT molecular complexity index is 1740. The average molecular weight is 694 g/mol. The third kappa shape index (κ3) is 5.90. The summed E-state index contributed by atoms with van der Waals surface area (Å²) < 4.78 is 27.6. The van der Waals surface area contributed by atoms with E-state index in [1.807, 2.05) is 13.1 Å². The highest BCUT2D eigenvalue weighted by molar-refractivity contribution is 5.87. The molecule has 2 aromatic carbocycles. The predicted molar refractivity (Wildman–Crippen MR) is 170 cm³/mol. The number of hydrogen-bond acceptors (Lipinski definition) is 13. The minimum atomic E-state index is -1.82. The van der Waals surface area contributed by atoms with Crippen molar-refractivity contribution in [2.75, 3.05) is 13.6 Å². The van der Waals surface area contributed by atoms with Crippen molar-refractivity contribution in [1.82, 2.24) is 4.90 Å². The summed E-state index contributed by atoms with van der Waals surface area (Å²) in [6.07, 6.45) is -3.30. The van der Waals surface area contributed by atoms with Crippen molar-refractivity contribution < 1.29 is 63.0 Å². The van der Waals surface area contributed by atoms with E-state index in [2.05, 4.69) is 4.90 Å². The van der Waals surface area contributed by atoms with Crippen molar-refractivity contribution >= 4 is 29.8 Å². The summed E-state index contributed by atoms with van der Waals surface area (Å²) in [6, 6.07) is 11.2. The molecule has 14 nitrogen and oxygen atoms in total. The molecule has 1 fully saturated rings. The number of hydrogen-bond donors (Lipinski definition) is 3. The lowest BCUT2D eigenvalue weighted by Crippen LogP contribution is -2.69. The van der Waals surface area contributed by atoms with Gasteiger partial charge < -0.3 is 43.9 Å². The fourth-order valence-corrected chi connectivity index (χ4v) is 7.98. The van der Waals surface area contributed by atoms with Crippen molar-refractivity contribution in [3.63, 3.8) is 0 Å². The van der Waals surface area contributed by atoms with Crippen molar-refractivity contribution in [3.05, 3.63) is 76.6 Å². The number of likely N-dealkylation sites (N-methyl/N-ethyl adjacent to an activating group) is 1. The summed E-state index contributed by atoms with van der Waals surface area (Å²) >= 11 is 0. The highest BCUT2D eigenvalue weighted by atomic mass is 16.6. The van der Waals surface area contributed by atoms with E-state index in [1.165, 1.54) is 12.1 Å². The molecule has 2 heterocycles. The standard InChI is InChI=1S/C36H39NO13/c1-19(33(43)50-30(32(41)42)21-8-5-4-6-9-21)46-34(44)25(47-20(2)39)17-27(40)48-24-12-14-36(45)26-16-22-10-11-23(18-38)29-28(22)35(36,31(24)49-29)13-7-15-37(26)3/h4-6,8-12,19,25-26,30-31,38,45H,7,13-18H2,1-3H3,(H,41,42)/t19-,25-,26+,30-,31-,35-,36+/m0/s1. The molecule has 0 amide bonds. The monoisotopic (exact) mass is 693 g/mol. The maximum Gasteiger partial charge on any atom is 0.349 e. The summed E-state index contributed by atoms with van der Waals surface area (Å²) in [5.41, 5.74) is 0.253. The maximum atomic E-state index is 13.4. The Kier molecular flexibility index (Phi) is 9.46. The van der Waals surface area contributed by atoms with Crippen LogP contribution >= 0.6 is 0 Å². The van der Waals surface area contributed by atoms with Crippen molar-refractivity contribution in [1.29, 1.82) is 0 Å². The van der Waals surface area contributed by atoms with Gasteiger partial charge in [0.05, 0.1) is 24.0 Å². The molecule has 0 saturated carbocycles. The number of carbonyl (C=O) groups is 5. The van der Waals surface area contributed by atoms with Crippen LogP contribution in [-0.4, -0.2) is 93.6 Å². The Labute approximate surface area is 287 Å². The van der Waals surface area contributed by atoms with Crippen LogP contribution in [0.5, 0.6) is 5.75 Å². The van der Waals surface area contributed by atoms with Crippen molar-refractivity contribution in [2.24, 2.45) is 0 Å². The molecule has 0 unspecified atom stereocenters. The van der Waals surface area contributed by atoms with Crippen LogP contribution in [0.25, 0.3) is 0 Å². The van der Waals surface area contributed by atoms with Gasteiger partial charge in [-0.25, -0.2) is 14.4 Å². The summed E-state index contributed by atoms with van der Waals surface area (Å²) in [5.74, 6) is -5.22. The number of aliphatic hydroxyl groups is 2. The molecule has 2 aliphatic heterocycles. The van der Waals surface area contributed by atoms with Crippen LogP contribution < -0.4 is 4.74 Å². The highest BCUT2D eigenvalue weighted by Crippen LogP contribution is 2.64. The number of ether oxygens (including phenoxy) is 5. The van der Waals surface area contributed by atoms with Crippen LogP contribution in [0.3, 0.4) is 0 Å². The molecule has 0 radical (unpaired) electrons. The van der Waals surface area contributed by atoms with Gasteiger partial charge in [-0.1, -0.05) is 42.5 Å². The quantitative estimate of drug-likeness (QED) is 0.228. The van der Waals surface area contributed by atoms with Gasteiger partial charge in [0.15, 0.2) is 12.2 Å². The van der Waals surface area contributed by atoms with Gasteiger partial charge in [0.25, 0.3) is 0 Å². The molecule has 0 aromatic heterocycles. The van der Waals surface area contributed by atoms with Crippen LogP contribution in [0.2, 0.25) is 0 Å². The minimum Gasteiger partial charge on any atom is -0.481 e. The van der Waals surface area contributed by atoms with E-state index < -0.39 is 71.7 Å². The number of aliphatic carboxylic acids is 1. The number of nitrogens with zero attached hydrogens (tertiary/aromatic N) is 1. The maximum absolute atomic E-state index is 13.4. The molecule has 50 heavy (non-hydrogen) atoms. The summed E-state index contributed by atoms with van der Waals surface area (Å²) in [5, 5.41) is 32.2. The molecule has 1 saturated heterocycles. The number of carboxylic acid groups (broad SMARTS) is 1. The normalized spacial score (nSPS) is 26.5. The first-order valence-electron chi connectivity index (χ1n) is 16.4. The fraction of sp³-hybridized carbons (Fsp3) is 0.472. The number of likely N-dealkylation sites (tertiary alicyclic amines) is 1. The number of carbonyl (C=O) groups excluding carboxylic acids is 4.